The Hall–Kier alpha value is -0.860. The van der Waals surface area contributed by atoms with E-state index in [0.29, 0.717) is 12.8 Å². The van der Waals surface area contributed by atoms with Gasteiger partial charge in [0.05, 0.1) is 6.61 Å². The number of unbranched alkanes of at least 4 members (excludes halogenated alkanes) is 1. The lowest BCUT2D eigenvalue weighted by Crippen LogP contribution is -2.30. The second-order valence-corrected chi connectivity index (χ2v) is 7.89. The molecular weight excluding hydrogens is 324 g/mol. The van der Waals surface area contributed by atoms with Gasteiger partial charge in [0.15, 0.2) is 0 Å². The molecule has 0 aromatic carbocycles. The first-order chi connectivity index (χ1) is 9.71. The maximum absolute atomic E-state index is 11.0. The normalized spacial score (nSPS) is 12.6. The molecule has 10 nitrogen and oxygen atoms in total. The van der Waals surface area contributed by atoms with Gasteiger partial charge in [0, 0.05) is 12.4 Å². The van der Waals surface area contributed by atoms with Gasteiger partial charge in [-0.1, -0.05) is 0 Å². The van der Waals surface area contributed by atoms with Crippen LogP contribution in [-0.4, -0.2) is 48.2 Å². The molecule has 1 aromatic heterocycles. The maximum Gasteiger partial charge on any atom is 0.354 e. The summed E-state index contributed by atoms with van der Waals surface area (Å²) in [4.78, 5) is 43.2. The average molecular weight is 341 g/mol. The number of nitrogens with zero attached hydrogens (tertiary/aromatic N) is 2. The summed E-state index contributed by atoms with van der Waals surface area (Å²) in [5.74, 6) is 0. The van der Waals surface area contributed by atoms with E-state index in [0.717, 1.165) is 0 Å². The van der Waals surface area contributed by atoms with Gasteiger partial charge in [-0.3, -0.25) is 14.4 Å². The summed E-state index contributed by atoms with van der Waals surface area (Å²) in [7, 11) is -9.85. The smallest absolute Gasteiger partial charge is 0.354 e. The summed E-state index contributed by atoms with van der Waals surface area (Å²) in [5, 5.41) is 2.19. The van der Waals surface area contributed by atoms with Crippen molar-refractivity contribution in [3.05, 3.63) is 18.5 Å². The standard InChI is InChI=1S/C9H17N3O7P2/c13-20(14,15)9(21(16,17)18)12-4-1-2-7-19-8-10-5-3-6-11-8/h3,5-6,9,12H,1-2,4,7H2,(H2,13,14,15)(H2,16,17,18). The molecule has 0 atom stereocenters. The molecule has 0 fully saturated rings. The zero-order valence-electron chi connectivity index (χ0n) is 10.9. The molecule has 0 saturated heterocycles. The van der Waals surface area contributed by atoms with Gasteiger partial charge in [0.1, 0.15) is 0 Å². The first-order valence-electron chi connectivity index (χ1n) is 5.95. The zero-order chi connectivity index (χ0) is 15.9. The average Bonchev–Trinajstić information content (AvgIpc) is 2.35. The van der Waals surface area contributed by atoms with Gasteiger partial charge < -0.3 is 24.3 Å². The molecule has 120 valence electrons. The lowest BCUT2D eigenvalue weighted by Gasteiger charge is -2.20. The minimum absolute atomic E-state index is 0.0277. The lowest BCUT2D eigenvalue weighted by atomic mass is 10.3. The number of hydrogen-bond acceptors (Lipinski definition) is 6. The molecule has 5 N–H and O–H groups in total. The second kappa shape index (κ2) is 7.95. The fourth-order valence-corrected chi connectivity index (χ4v) is 3.72. The van der Waals surface area contributed by atoms with Crippen LogP contribution < -0.4 is 10.1 Å². The number of hydrogen-bond donors (Lipinski definition) is 5. The third-order valence-corrected chi connectivity index (χ3v) is 5.75. The predicted octanol–water partition coefficient (Wildman–Crippen LogP) is -0.136. The van der Waals surface area contributed by atoms with E-state index in [2.05, 4.69) is 15.3 Å². The van der Waals surface area contributed by atoms with Gasteiger partial charge in [0.25, 0.3) is 0 Å². The highest BCUT2D eigenvalue weighted by molar-refractivity contribution is 7.70. The van der Waals surface area contributed by atoms with E-state index in [1.807, 2.05) is 0 Å². The Balaban J connectivity index is 2.26. The molecule has 0 aliphatic heterocycles. The Morgan fingerprint density at radius 3 is 2.19 bits per heavy atom. The van der Waals surface area contributed by atoms with E-state index >= 15 is 0 Å². The molecule has 1 heterocycles. The van der Waals surface area contributed by atoms with E-state index in [1.165, 1.54) is 12.4 Å². The van der Waals surface area contributed by atoms with Crippen molar-refractivity contribution in [2.75, 3.05) is 13.2 Å². The largest absolute Gasteiger partial charge is 0.463 e. The molecule has 1 aromatic rings. The SMILES string of the molecule is O=P(O)(O)C(NCCCCOc1ncccn1)P(=O)(O)O. The van der Waals surface area contributed by atoms with Gasteiger partial charge in [-0.25, -0.2) is 9.97 Å². The topological polar surface area (TPSA) is 162 Å². The first-order valence-corrected chi connectivity index (χ1v) is 9.31. The molecule has 0 unspecified atom stereocenters. The van der Waals surface area contributed by atoms with Crippen LogP contribution in [0, 0.1) is 0 Å². The van der Waals surface area contributed by atoms with Crippen LogP contribution in [0.2, 0.25) is 0 Å². The van der Waals surface area contributed by atoms with Crippen molar-refractivity contribution in [3.63, 3.8) is 0 Å². The van der Waals surface area contributed by atoms with E-state index in [9.17, 15) is 9.13 Å². The van der Waals surface area contributed by atoms with Gasteiger partial charge in [0.2, 0.25) is 5.52 Å². The van der Waals surface area contributed by atoms with Crippen LogP contribution in [0.3, 0.4) is 0 Å². The Bertz CT molecular complexity index is 495. The minimum Gasteiger partial charge on any atom is -0.463 e. The third-order valence-electron chi connectivity index (χ3n) is 2.31. The van der Waals surface area contributed by atoms with Crippen LogP contribution in [0.25, 0.3) is 0 Å². The molecule has 21 heavy (non-hydrogen) atoms. The van der Waals surface area contributed by atoms with Crippen molar-refractivity contribution in [3.8, 4) is 6.01 Å². The van der Waals surface area contributed by atoms with Crippen LogP contribution >= 0.6 is 15.2 Å². The predicted molar refractivity (Wildman–Crippen MR) is 72.6 cm³/mol. The molecular formula is C9H17N3O7P2. The maximum atomic E-state index is 11.0. The van der Waals surface area contributed by atoms with Crippen LogP contribution in [0.4, 0.5) is 0 Å². The van der Waals surface area contributed by atoms with Crippen molar-refractivity contribution in [2.24, 2.45) is 0 Å². The highest BCUT2D eigenvalue weighted by atomic mass is 31.2. The Morgan fingerprint density at radius 1 is 1.10 bits per heavy atom. The molecule has 0 aliphatic carbocycles. The van der Waals surface area contributed by atoms with E-state index in [-0.39, 0.29) is 19.2 Å². The van der Waals surface area contributed by atoms with E-state index in [4.69, 9.17) is 24.3 Å². The zero-order valence-corrected chi connectivity index (χ0v) is 12.7. The van der Waals surface area contributed by atoms with Crippen LogP contribution in [0.1, 0.15) is 12.8 Å². The van der Waals surface area contributed by atoms with Crippen molar-refractivity contribution in [1.29, 1.82) is 0 Å². The van der Waals surface area contributed by atoms with Crippen molar-refractivity contribution in [1.82, 2.24) is 15.3 Å². The molecule has 0 aliphatic rings. The van der Waals surface area contributed by atoms with Crippen molar-refractivity contribution in [2.45, 2.75) is 18.4 Å². The highest BCUT2D eigenvalue weighted by Crippen LogP contribution is 2.58. The fourth-order valence-electron chi connectivity index (χ4n) is 1.42. The number of nitrogens with one attached hydrogen (secondary N) is 1. The molecule has 0 radical (unpaired) electrons. The van der Waals surface area contributed by atoms with Crippen LogP contribution in [0.5, 0.6) is 6.01 Å². The monoisotopic (exact) mass is 341 g/mol. The Labute approximate surface area is 120 Å². The van der Waals surface area contributed by atoms with Gasteiger partial charge in [-0.2, -0.15) is 0 Å². The molecule has 0 saturated carbocycles. The number of rotatable bonds is 9. The molecule has 12 heteroatoms. The summed E-state index contributed by atoms with van der Waals surface area (Å²) < 4.78 is 27.2. The van der Waals surface area contributed by atoms with E-state index < -0.39 is 20.7 Å². The fraction of sp³-hybridized carbons (Fsp3) is 0.556. The second-order valence-electron chi connectivity index (χ2n) is 4.09. The Morgan fingerprint density at radius 2 is 1.67 bits per heavy atom. The van der Waals surface area contributed by atoms with Crippen molar-refractivity contribution >= 4 is 15.2 Å². The van der Waals surface area contributed by atoms with Gasteiger partial charge in [-0.15, -0.1) is 0 Å². The molecule has 1 rings (SSSR count). The molecule has 0 bridgehead atoms. The molecule has 0 spiro atoms. The third kappa shape index (κ3) is 7.10. The summed E-state index contributed by atoms with van der Waals surface area (Å²) in [6, 6.07) is 1.86. The Kier molecular flexibility index (Phi) is 6.89. The number of aromatic nitrogens is 2. The van der Waals surface area contributed by atoms with Gasteiger partial charge >= 0.3 is 21.2 Å². The summed E-state index contributed by atoms with van der Waals surface area (Å²) in [5.41, 5.74) is -2.18. The summed E-state index contributed by atoms with van der Waals surface area (Å²) in [6.07, 6.45) is 3.95. The minimum atomic E-state index is -4.93. The lowest BCUT2D eigenvalue weighted by molar-refractivity contribution is 0.281. The summed E-state index contributed by atoms with van der Waals surface area (Å²) in [6.45, 7) is 0.308. The van der Waals surface area contributed by atoms with Crippen LogP contribution in [0.15, 0.2) is 18.5 Å². The van der Waals surface area contributed by atoms with Crippen molar-refractivity contribution < 1.29 is 33.4 Å². The number of ether oxygens (including phenoxy) is 1. The molecule has 0 amide bonds. The highest BCUT2D eigenvalue weighted by Gasteiger charge is 2.42. The quantitative estimate of drug-likeness (QED) is 0.302. The van der Waals surface area contributed by atoms with E-state index in [1.54, 1.807) is 6.07 Å². The summed E-state index contributed by atoms with van der Waals surface area (Å²) >= 11 is 0. The van der Waals surface area contributed by atoms with Gasteiger partial charge in [-0.05, 0) is 25.5 Å². The van der Waals surface area contributed by atoms with Crippen LogP contribution in [-0.2, 0) is 9.13 Å². The first kappa shape index (κ1) is 18.2.